The fourth-order valence-electron chi connectivity index (χ4n) is 1.43. The highest BCUT2D eigenvalue weighted by Gasteiger charge is 2.15. The van der Waals surface area contributed by atoms with E-state index < -0.39 is 18.5 Å². The average molecular weight is 340 g/mol. The van der Waals surface area contributed by atoms with Crippen molar-refractivity contribution in [3.05, 3.63) is 27.7 Å². The van der Waals surface area contributed by atoms with Crippen molar-refractivity contribution in [2.75, 3.05) is 18.9 Å². The lowest BCUT2D eigenvalue weighted by Crippen LogP contribution is -2.29. The number of hydrogen-bond acceptors (Lipinski definition) is 5. The zero-order valence-electron chi connectivity index (χ0n) is 10.9. The van der Waals surface area contributed by atoms with E-state index >= 15 is 0 Å². The lowest BCUT2D eigenvalue weighted by molar-refractivity contribution is -0.124. The van der Waals surface area contributed by atoms with Gasteiger partial charge in [0.05, 0.1) is 18.1 Å². The molecule has 0 saturated heterocycles. The number of nitrogens with zero attached hydrogens (tertiary/aromatic N) is 1. The van der Waals surface area contributed by atoms with Crippen LogP contribution in [0.5, 0.6) is 0 Å². The first-order valence-corrected chi connectivity index (χ1v) is 6.61. The Morgan fingerprint density at radius 1 is 1.50 bits per heavy atom. The van der Waals surface area contributed by atoms with Crippen LogP contribution in [-0.4, -0.2) is 25.0 Å². The summed E-state index contributed by atoms with van der Waals surface area (Å²) in [5, 5.41) is 10.8. The molecule has 0 fully saturated rings. The molecule has 7 heteroatoms. The Bertz CT molecular complexity index is 567. The highest BCUT2D eigenvalue weighted by molar-refractivity contribution is 9.10. The Morgan fingerprint density at radius 2 is 2.20 bits per heavy atom. The van der Waals surface area contributed by atoms with Crippen LogP contribution in [0.15, 0.2) is 16.6 Å². The van der Waals surface area contributed by atoms with Crippen LogP contribution in [-0.2, 0) is 9.53 Å². The Hall–Kier alpha value is -2.07. The smallest absolute Gasteiger partial charge is 0.339 e. The van der Waals surface area contributed by atoms with Crippen LogP contribution in [0, 0.1) is 18.3 Å². The molecule has 1 rings (SSSR count). The van der Waals surface area contributed by atoms with Gasteiger partial charge in [0.15, 0.2) is 6.61 Å². The summed E-state index contributed by atoms with van der Waals surface area (Å²) in [6.07, 6.45) is 0.209. The molecule has 0 spiro atoms. The predicted molar refractivity (Wildman–Crippen MR) is 76.8 cm³/mol. The zero-order valence-corrected chi connectivity index (χ0v) is 12.5. The fourth-order valence-corrected chi connectivity index (χ4v) is 1.91. The minimum atomic E-state index is -0.620. The standard InChI is InChI=1S/C13H14BrN3O3/c1-8-10(5-9(14)6-11(8)16)13(19)20-7-12(18)17-4-2-3-15/h5-6H,2,4,7,16H2,1H3,(H,17,18). The predicted octanol–water partition coefficient (Wildman–Crippen LogP) is 1.53. The Balaban J connectivity index is 2.60. The maximum absolute atomic E-state index is 11.9. The monoisotopic (exact) mass is 339 g/mol. The first-order chi connectivity index (χ1) is 9.45. The van der Waals surface area contributed by atoms with E-state index in [-0.39, 0.29) is 13.0 Å². The van der Waals surface area contributed by atoms with Crippen molar-refractivity contribution in [1.82, 2.24) is 5.32 Å². The SMILES string of the molecule is Cc1c(N)cc(Br)cc1C(=O)OCC(=O)NCCC#N. The minimum absolute atomic E-state index is 0.209. The van der Waals surface area contributed by atoms with Gasteiger partial charge in [-0.3, -0.25) is 4.79 Å². The van der Waals surface area contributed by atoms with Gasteiger partial charge in [-0.2, -0.15) is 5.26 Å². The number of amides is 1. The first kappa shape index (κ1) is 16.0. The second-order valence-corrected chi connectivity index (χ2v) is 4.92. The molecule has 1 aromatic rings. The maximum Gasteiger partial charge on any atom is 0.339 e. The number of carbonyl (C=O) groups excluding carboxylic acids is 2. The molecule has 106 valence electrons. The molecule has 1 aromatic carbocycles. The van der Waals surface area contributed by atoms with Gasteiger partial charge >= 0.3 is 5.97 Å². The van der Waals surface area contributed by atoms with Gasteiger partial charge in [0.2, 0.25) is 0 Å². The van der Waals surface area contributed by atoms with E-state index in [1.807, 2.05) is 6.07 Å². The molecule has 0 radical (unpaired) electrons. The third-order valence-corrected chi connectivity index (χ3v) is 2.98. The number of carbonyl (C=O) groups is 2. The number of nitrogens with one attached hydrogen (secondary N) is 1. The molecule has 0 saturated carbocycles. The number of rotatable bonds is 5. The number of esters is 1. The maximum atomic E-state index is 11.9. The molecule has 0 bridgehead atoms. The number of anilines is 1. The topological polar surface area (TPSA) is 105 Å². The number of nitrogens with two attached hydrogens (primary N) is 1. The average Bonchev–Trinajstić information content (AvgIpc) is 2.40. The Kier molecular flexibility index (Phi) is 6.00. The van der Waals surface area contributed by atoms with Crippen molar-refractivity contribution in [3.8, 4) is 6.07 Å². The van der Waals surface area contributed by atoms with Crippen molar-refractivity contribution in [2.24, 2.45) is 0 Å². The minimum Gasteiger partial charge on any atom is -0.452 e. The van der Waals surface area contributed by atoms with Gasteiger partial charge in [0.1, 0.15) is 0 Å². The molecule has 1 amide bonds. The van der Waals surface area contributed by atoms with Crippen LogP contribution in [0.2, 0.25) is 0 Å². The van der Waals surface area contributed by atoms with Crippen molar-refractivity contribution >= 4 is 33.5 Å². The second kappa shape index (κ2) is 7.50. The summed E-state index contributed by atoms with van der Waals surface area (Å²) in [6, 6.07) is 5.16. The molecule has 0 heterocycles. The molecule has 0 aromatic heterocycles. The molecular weight excluding hydrogens is 326 g/mol. The molecule has 0 unspecified atom stereocenters. The Labute approximate surface area is 125 Å². The van der Waals surface area contributed by atoms with E-state index in [0.717, 1.165) is 0 Å². The second-order valence-electron chi connectivity index (χ2n) is 4.00. The van der Waals surface area contributed by atoms with Crippen LogP contribution >= 0.6 is 15.9 Å². The summed E-state index contributed by atoms with van der Waals surface area (Å²) in [6.45, 7) is 1.54. The molecule has 0 aliphatic rings. The normalized spacial score (nSPS) is 9.65. The van der Waals surface area contributed by atoms with Gasteiger partial charge in [-0.05, 0) is 24.6 Å². The van der Waals surface area contributed by atoms with Gasteiger partial charge in [0, 0.05) is 16.7 Å². The summed E-state index contributed by atoms with van der Waals surface area (Å²) < 4.78 is 5.56. The van der Waals surface area contributed by atoms with Crippen molar-refractivity contribution in [3.63, 3.8) is 0 Å². The lowest BCUT2D eigenvalue weighted by atomic mass is 10.1. The van der Waals surface area contributed by atoms with E-state index in [1.54, 1.807) is 19.1 Å². The molecule has 3 N–H and O–H groups in total. The van der Waals surface area contributed by atoms with Gasteiger partial charge in [-0.1, -0.05) is 15.9 Å². The van der Waals surface area contributed by atoms with E-state index in [0.29, 0.717) is 21.3 Å². The summed E-state index contributed by atoms with van der Waals surface area (Å²) in [5.74, 6) is -1.07. The molecule has 0 aliphatic carbocycles. The third kappa shape index (κ3) is 4.55. The van der Waals surface area contributed by atoms with E-state index in [4.69, 9.17) is 15.7 Å². The van der Waals surface area contributed by atoms with Crippen molar-refractivity contribution in [2.45, 2.75) is 13.3 Å². The zero-order chi connectivity index (χ0) is 15.1. The van der Waals surface area contributed by atoms with Crippen LogP contribution in [0.4, 0.5) is 5.69 Å². The number of nitrogen functional groups attached to an aromatic ring is 1. The lowest BCUT2D eigenvalue weighted by Gasteiger charge is -2.09. The molecule has 0 atom stereocenters. The molecular formula is C13H14BrN3O3. The van der Waals surface area contributed by atoms with Crippen LogP contribution in [0.1, 0.15) is 22.3 Å². The molecule has 0 aliphatic heterocycles. The summed E-state index contributed by atoms with van der Waals surface area (Å²) in [5.41, 5.74) is 7.12. The fraction of sp³-hybridized carbons (Fsp3) is 0.308. The van der Waals surface area contributed by atoms with Gasteiger partial charge in [-0.25, -0.2) is 4.79 Å². The number of ether oxygens (including phenoxy) is 1. The van der Waals surface area contributed by atoms with E-state index in [9.17, 15) is 9.59 Å². The number of halogens is 1. The molecule has 20 heavy (non-hydrogen) atoms. The van der Waals surface area contributed by atoms with Crippen molar-refractivity contribution in [1.29, 1.82) is 5.26 Å². The largest absolute Gasteiger partial charge is 0.452 e. The number of hydrogen-bond donors (Lipinski definition) is 2. The highest BCUT2D eigenvalue weighted by atomic mass is 79.9. The molecule has 6 nitrogen and oxygen atoms in total. The van der Waals surface area contributed by atoms with Crippen molar-refractivity contribution < 1.29 is 14.3 Å². The van der Waals surface area contributed by atoms with Gasteiger partial charge < -0.3 is 15.8 Å². The third-order valence-electron chi connectivity index (χ3n) is 2.53. The van der Waals surface area contributed by atoms with Gasteiger partial charge in [-0.15, -0.1) is 0 Å². The van der Waals surface area contributed by atoms with Crippen LogP contribution in [0.25, 0.3) is 0 Å². The van der Waals surface area contributed by atoms with Gasteiger partial charge in [0.25, 0.3) is 5.91 Å². The summed E-state index contributed by atoms with van der Waals surface area (Å²) >= 11 is 3.24. The quantitative estimate of drug-likeness (QED) is 0.480. The Morgan fingerprint density at radius 3 is 2.85 bits per heavy atom. The first-order valence-electron chi connectivity index (χ1n) is 5.82. The summed E-state index contributed by atoms with van der Waals surface area (Å²) in [4.78, 5) is 23.2. The number of benzene rings is 1. The van der Waals surface area contributed by atoms with Crippen LogP contribution in [0.3, 0.4) is 0 Å². The summed E-state index contributed by atoms with van der Waals surface area (Å²) in [7, 11) is 0. The van der Waals surface area contributed by atoms with E-state index in [1.165, 1.54) is 0 Å². The van der Waals surface area contributed by atoms with Crippen LogP contribution < -0.4 is 11.1 Å². The van der Waals surface area contributed by atoms with E-state index in [2.05, 4.69) is 21.2 Å². The highest BCUT2D eigenvalue weighted by Crippen LogP contribution is 2.23. The number of nitriles is 1.